The van der Waals surface area contributed by atoms with E-state index >= 15 is 0 Å². The third-order valence-corrected chi connectivity index (χ3v) is 4.07. The zero-order chi connectivity index (χ0) is 17.4. The van der Waals surface area contributed by atoms with Crippen LogP contribution in [0, 0.1) is 0 Å². The highest BCUT2D eigenvalue weighted by molar-refractivity contribution is 6.31. The number of nitrogens with one attached hydrogen (secondary N) is 2. The molecule has 0 unspecified atom stereocenters. The first kappa shape index (κ1) is 18.3. The molecular weight excluding hydrogens is 328 g/mol. The number of rotatable bonds is 8. The Kier molecular flexibility index (Phi) is 7.06. The van der Waals surface area contributed by atoms with Crippen molar-refractivity contribution in [2.45, 2.75) is 25.1 Å². The zero-order valence-electron chi connectivity index (χ0n) is 13.2. The van der Waals surface area contributed by atoms with Gasteiger partial charge < -0.3 is 20.8 Å². The molecule has 0 saturated carbocycles. The largest absolute Gasteiger partial charge is 0.465 e. The summed E-state index contributed by atoms with van der Waals surface area (Å²) in [5.41, 5.74) is 1.89. The van der Waals surface area contributed by atoms with E-state index in [-0.39, 0.29) is 6.54 Å². The van der Waals surface area contributed by atoms with E-state index in [0.29, 0.717) is 18.0 Å². The number of benzene rings is 2. The van der Waals surface area contributed by atoms with Gasteiger partial charge in [-0.05, 0) is 23.6 Å². The highest BCUT2D eigenvalue weighted by Gasteiger charge is 2.21. The summed E-state index contributed by atoms with van der Waals surface area (Å²) in [4.78, 5) is 11.0. The minimum absolute atomic E-state index is 0.253. The molecule has 24 heavy (non-hydrogen) atoms. The summed E-state index contributed by atoms with van der Waals surface area (Å²) in [5.74, 6) is 0. The Balaban J connectivity index is 1.91. The van der Waals surface area contributed by atoms with Crippen molar-refractivity contribution in [2.24, 2.45) is 0 Å². The number of amides is 1. The molecule has 5 nitrogen and oxygen atoms in total. The Hall–Kier alpha value is -2.08. The number of halogens is 1. The van der Waals surface area contributed by atoms with E-state index in [1.165, 1.54) is 0 Å². The van der Waals surface area contributed by atoms with Crippen LogP contribution in [0.3, 0.4) is 0 Å². The number of hydrogen-bond donors (Lipinski definition) is 4. The highest BCUT2D eigenvalue weighted by Crippen LogP contribution is 2.14. The van der Waals surface area contributed by atoms with Crippen molar-refractivity contribution in [3.63, 3.8) is 0 Å². The lowest BCUT2D eigenvalue weighted by Gasteiger charge is -2.23. The predicted octanol–water partition coefficient (Wildman–Crippen LogP) is 2.67. The summed E-state index contributed by atoms with van der Waals surface area (Å²) < 4.78 is 0. The third kappa shape index (κ3) is 5.85. The predicted molar refractivity (Wildman–Crippen MR) is 94.3 cm³/mol. The van der Waals surface area contributed by atoms with Gasteiger partial charge >= 0.3 is 6.09 Å². The Morgan fingerprint density at radius 1 is 1.08 bits per heavy atom. The van der Waals surface area contributed by atoms with Crippen LogP contribution in [0.25, 0.3) is 0 Å². The lowest BCUT2D eigenvalue weighted by molar-refractivity contribution is 0.117. The van der Waals surface area contributed by atoms with Crippen LogP contribution in [0.1, 0.15) is 11.1 Å². The monoisotopic (exact) mass is 348 g/mol. The highest BCUT2D eigenvalue weighted by atomic mass is 35.5. The molecule has 0 aliphatic carbocycles. The van der Waals surface area contributed by atoms with Crippen molar-refractivity contribution >= 4 is 17.7 Å². The minimum atomic E-state index is -1.15. The number of aliphatic hydroxyl groups excluding tert-OH is 1. The molecular formula is C18H21ClN2O3. The standard InChI is InChI=1S/C18H21ClN2O3/c19-15-9-5-4-8-14(15)11-20-12-17(22)16(21-18(23)24)10-13-6-2-1-3-7-13/h1-9,16-17,20-22H,10-12H2,(H,23,24)/t16-,17+/m0/s1. The van der Waals surface area contributed by atoms with E-state index in [1.807, 2.05) is 48.5 Å². The molecule has 0 aliphatic rings. The van der Waals surface area contributed by atoms with Gasteiger partial charge in [-0.25, -0.2) is 4.79 Å². The number of hydrogen-bond acceptors (Lipinski definition) is 3. The fraction of sp³-hybridized carbons (Fsp3) is 0.278. The van der Waals surface area contributed by atoms with E-state index in [1.54, 1.807) is 6.07 Å². The normalized spacial score (nSPS) is 13.2. The van der Waals surface area contributed by atoms with Gasteiger partial charge in [0.25, 0.3) is 0 Å². The first-order chi connectivity index (χ1) is 11.6. The van der Waals surface area contributed by atoms with E-state index in [4.69, 9.17) is 16.7 Å². The molecule has 2 aromatic carbocycles. The average molecular weight is 349 g/mol. The minimum Gasteiger partial charge on any atom is -0.465 e. The Bertz CT molecular complexity index is 652. The SMILES string of the molecule is O=C(O)N[C@@H](Cc1ccccc1)[C@H](O)CNCc1ccccc1Cl. The quantitative estimate of drug-likeness (QED) is 0.591. The molecule has 0 aliphatic heterocycles. The summed E-state index contributed by atoms with van der Waals surface area (Å²) in [7, 11) is 0. The molecule has 128 valence electrons. The van der Waals surface area contributed by atoms with Crippen molar-refractivity contribution < 1.29 is 15.0 Å². The lowest BCUT2D eigenvalue weighted by atomic mass is 10.0. The topological polar surface area (TPSA) is 81.6 Å². The van der Waals surface area contributed by atoms with E-state index in [0.717, 1.165) is 11.1 Å². The maximum Gasteiger partial charge on any atom is 0.404 e. The van der Waals surface area contributed by atoms with Crippen molar-refractivity contribution in [3.05, 3.63) is 70.7 Å². The van der Waals surface area contributed by atoms with Gasteiger partial charge in [-0.1, -0.05) is 60.1 Å². The summed E-state index contributed by atoms with van der Waals surface area (Å²) >= 11 is 6.09. The Labute approximate surface area is 146 Å². The molecule has 0 spiro atoms. The molecule has 2 aromatic rings. The van der Waals surface area contributed by atoms with Gasteiger partial charge in [-0.2, -0.15) is 0 Å². The summed E-state index contributed by atoms with van der Waals surface area (Å²) in [6, 6.07) is 16.3. The van der Waals surface area contributed by atoms with Crippen LogP contribution >= 0.6 is 11.6 Å². The molecule has 2 atom stereocenters. The van der Waals surface area contributed by atoms with Crippen LogP contribution in [0.2, 0.25) is 5.02 Å². The van der Waals surface area contributed by atoms with Crippen molar-refractivity contribution in [1.29, 1.82) is 0 Å². The molecule has 1 amide bonds. The van der Waals surface area contributed by atoms with Gasteiger partial charge in [0.05, 0.1) is 12.1 Å². The van der Waals surface area contributed by atoms with Crippen molar-refractivity contribution in [2.75, 3.05) is 6.54 Å². The molecule has 0 fully saturated rings. The lowest BCUT2D eigenvalue weighted by Crippen LogP contribution is -2.48. The van der Waals surface area contributed by atoms with Crippen LogP contribution in [0.15, 0.2) is 54.6 Å². The average Bonchev–Trinajstić information content (AvgIpc) is 2.56. The maximum absolute atomic E-state index is 11.0. The summed E-state index contributed by atoms with van der Waals surface area (Å²) in [6.07, 6.45) is -1.59. The van der Waals surface area contributed by atoms with Crippen LogP contribution in [0.5, 0.6) is 0 Å². The van der Waals surface area contributed by atoms with Crippen LogP contribution < -0.4 is 10.6 Å². The molecule has 0 radical (unpaired) electrons. The van der Waals surface area contributed by atoms with Gasteiger partial charge in [0.15, 0.2) is 0 Å². The number of carbonyl (C=O) groups is 1. The second-order valence-corrected chi connectivity index (χ2v) is 5.94. The van der Waals surface area contributed by atoms with Gasteiger partial charge in [0.2, 0.25) is 0 Å². The molecule has 0 heterocycles. The molecule has 0 bridgehead atoms. The van der Waals surface area contributed by atoms with Gasteiger partial charge in [0.1, 0.15) is 0 Å². The first-order valence-electron chi connectivity index (χ1n) is 7.72. The zero-order valence-corrected chi connectivity index (χ0v) is 13.9. The second kappa shape index (κ2) is 9.27. The van der Waals surface area contributed by atoms with Crippen LogP contribution in [-0.2, 0) is 13.0 Å². The summed E-state index contributed by atoms with van der Waals surface area (Å²) in [6.45, 7) is 0.755. The molecule has 4 N–H and O–H groups in total. The van der Waals surface area contributed by atoms with Crippen molar-refractivity contribution in [1.82, 2.24) is 10.6 Å². The van der Waals surface area contributed by atoms with Gasteiger partial charge in [0, 0.05) is 18.1 Å². The molecule has 2 rings (SSSR count). The fourth-order valence-electron chi connectivity index (χ4n) is 2.45. The first-order valence-corrected chi connectivity index (χ1v) is 8.09. The Morgan fingerprint density at radius 2 is 1.75 bits per heavy atom. The second-order valence-electron chi connectivity index (χ2n) is 5.54. The summed E-state index contributed by atoms with van der Waals surface area (Å²) in [5, 5.41) is 25.5. The molecule has 0 saturated heterocycles. The molecule has 0 aromatic heterocycles. The van der Waals surface area contributed by atoms with E-state index < -0.39 is 18.2 Å². The number of carboxylic acid groups (broad SMARTS) is 1. The smallest absolute Gasteiger partial charge is 0.404 e. The van der Waals surface area contributed by atoms with Crippen LogP contribution in [-0.4, -0.2) is 35.0 Å². The van der Waals surface area contributed by atoms with E-state index in [2.05, 4.69) is 10.6 Å². The molecule has 6 heteroatoms. The van der Waals surface area contributed by atoms with Crippen molar-refractivity contribution in [3.8, 4) is 0 Å². The van der Waals surface area contributed by atoms with Gasteiger partial charge in [-0.15, -0.1) is 0 Å². The van der Waals surface area contributed by atoms with E-state index in [9.17, 15) is 9.90 Å². The van der Waals surface area contributed by atoms with Crippen LogP contribution in [0.4, 0.5) is 4.79 Å². The third-order valence-electron chi connectivity index (χ3n) is 3.70. The maximum atomic E-state index is 11.0. The Morgan fingerprint density at radius 3 is 2.42 bits per heavy atom. The van der Waals surface area contributed by atoms with Gasteiger partial charge in [-0.3, -0.25) is 0 Å². The number of aliphatic hydroxyl groups is 1. The fourth-order valence-corrected chi connectivity index (χ4v) is 2.65.